The summed E-state index contributed by atoms with van der Waals surface area (Å²) < 4.78 is 135. The number of carbonyl (C=O) groups is 1. The lowest BCUT2D eigenvalue weighted by Crippen LogP contribution is -2.43. The number of alkyl halides is 9. The van der Waals surface area contributed by atoms with Crippen LogP contribution < -0.4 is 5.32 Å². The molecule has 0 fully saturated rings. The van der Waals surface area contributed by atoms with Crippen molar-refractivity contribution in [3.63, 3.8) is 0 Å². The highest BCUT2D eigenvalue weighted by molar-refractivity contribution is 7.09. The molecule has 5 nitrogen and oxygen atoms in total. The highest BCUT2D eigenvalue weighted by atomic mass is 35.5. The fraction of sp³-hybridized carbons (Fsp3) is 0.292. The first kappa shape index (κ1) is 30.6. The van der Waals surface area contributed by atoms with Gasteiger partial charge in [-0.3, -0.25) is 4.79 Å². The van der Waals surface area contributed by atoms with Crippen molar-refractivity contribution in [3.05, 3.63) is 85.1 Å². The minimum absolute atomic E-state index is 0.0126. The zero-order chi connectivity index (χ0) is 30.5. The number of halogens is 11. The van der Waals surface area contributed by atoms with Gasteiger partial charge in [-0.25, -0.2) is 9.37 Å². The molecule has 0 aliphatic carbocycles. The molecule has 1 aliphatic rings. The maximum absolute atomic E-state index is 14.8. The monoisotopic (exact) mass is 633 g/mol. The van der Waals surface area contributed by atoms with Crippen LogP contribution in [-0.2, 0) is 29.3 Å². The van der Waals surface area contributed by atoms with Gasteiger partial charge in [0, 0.05) is 16.5 Å². The van der Waals surface area contributed by atoms with E-state index < -0.39 is 69.8 Å². The van der Waals surface area contributed by atoms with E-state index in [1.54, 1.807) is 0 Å². The Morgan fingerprint density at radius 1 is 1.07 bits per heavy atom. The smallest absolute Gasteiger partial charge is 0.374 e. The van der Waals surface area contributed by atoms with Crippen LogP contribution in [0.15, 0.2) is 40.9 Å². The summed E-state index contributed by atoms with van der Waals surface area (Å²) in [5.41, 5.74) is -8.09. The zero-order valence-electron chi connectivity index (χ0n) is 20.2. The molecule has 0 unspecified atom stereocenters. The van der Waals surface area contributed by atoms with Crippen LogP contribution in [0.1, 0.15) is 49.7 Å². The molecule has 3 aromatic rings. The Kier molecular flexibility index (Phi) is 7.79. The summed E-state index contributed by atoms with van der Waals surface area (Å²) in [5, 5.41) is 5.33. The lowest BCUT2D eigenvalue weighted by atomic mass is 9.85. The third-order valence-corrected chi connectivity index (χ3v) is 7.15. The zero-order valence-corrected chi connectivity index (χ0v) is 21.7. The summed E-state index contributed by atoms with van der Waals surface area (Å²) in [6.07, 6.45) is -16.5. The average Bonchev–Trinajstić information content (AvgIpc) is 3.52. The quantitative estimate of drug-likeness (QED) is 0.292. The Hall–Kier alpha value is -3.40. The van der Waals surface area contributed by atoms with Gasteiger partial charge < -0.3 is 10.2 Å². The highest BCUT2D eigenvalue weighted by Gasteiger charge is 2.64. The molecule has 0 spiro atoms. The molecule has 2 heterocycles. The predicted molar refractivity (Wildman–Crippen MR) is 126 cm³/mol. The molecular formula is C24H14ClF10N3O2S. The number of nitrogens with one attached hydrogen (secondary N) is 1. The predicted octanol–water partition coefficient (Wildman–Crippen LogP) is 7.79. The third-order valence-electron chi connectivity index (χ3n) is 6.02. The van der Waals surface area contributed by atoms with Crippen molar-refractivity contribution in [2.45, 2.75) is 44.0 Å². The van der Waals surface area contributed by atoms with Gasteiger partial charge in [0.2, 0.25) is 0 Å². The van der Waals surface area contributed by atoms with E-state index in [0.717, 1.165) is 5.38 Å². The number of rotatable bonds is 5. The Labute approximate surface area is 232 Å². The summed E-state index contributed by atoms with van der Waals surface area (Å²) in [6.45, 7) is 1.07. The van der Waals surface area contributed by atoms with Crippen LogP contribution in [0.2, 0.25) is 5.02 Å². The Morgan fingerprint density at radius 2 is 1.76 bits per heavy atom. The van der Waals surface area contributed by atoms with Gasteiger partial charge in [0.1, 0.15) is 10.8 Å². The SMILES string of the molecule is Cc1cc(C2=NO[C@](c3cc(C(F)(F)F)cc(Cl)c3F)(C(F)(F)F)C2)ccc1C(=O)NCc1nc(C(F)(F)F)cs1. The first-order valence-electron chi connectivity index (χ1n) is 11.1. The van der Waals surface area contributed by atoms with Crippen LogP contribution in [-0.4, -0.2) is 22.8 Å². The molecule has 1 aromatic heterocycles. The lowest BCUT2D eigenvalue weighted by molar-refractivity contribution is -0.276. The molecule has 1 N–H and O–H groups in total. The van der Waals surface area contributed by atoms with Crippen LogP contribution >= 0.6 is 22.9 Å². The van der Waals surface area contributed by atoms with E-state index in [1.807, 2.05) is 0 Å². The van der Waals surface area contributed by atoms with Gasteiger partial charge in [-0.1, -0.05) is 22.8 Å². The second-order valence-corrected chi connectivity index (χ2v) is 10.1. The number of thiazole rings is 1. The summed E-state index contributed by atoms with van der Waals surface area (Å²) in [5.74, 6) is -2.49. The minimum Gasteiger partial charge on any atom is -0.374 e. The van der Waals surface area contributed by atoms with E-state index in [0.29, 0.717) is 11.3 Å². The van der Waals surface area contributed by atoms with Crippen molar-refractivity contribution < 1.29 is 53.5 Å². The van der Waals surface area contributed by atoms with Gasteiger partial charge in [0.25, 0.3) is 11.5 Å². The number of aromatic nitrogens is 1. The van der Waals surface area contributed by atoms with Crippen LogP contribution in [0.25, 0.3) is 0 Å². The van der Waals surface area contributed by atoms with E-state index in [9.17, 15) is 48.7 Å². The number of oxime groups is 1. The number of aryl methyl sites for hydroxylation is 1. The van der Waals surface area contributed by atoms with Crippen LogP contribution in [0, 0.1) is 12.7 Å². The average molecular weight is 634 g/mol. The number of amides is 1. The van der Waals surface area contributed by atoms with E-state index in [1.165, 1.54) is 25.1 Å². The molecule has 2 aromatic carbocycles. The summed E-state index contributed by atoms with van der Waals surface area (Å²) in [6, 6.07) is 3.73. The van der Waals surface area contributed by atoms with Gasteiger partial charge in [-0.05, 0) is 42.3 Å². The minimum atomic E-state index is -5.44. The Bertz CT molecular complexity index is 1530. The molecule has 0 saturated heterocycles. The molecule has 0 saturated carbocycles. The van der Waals surface area contributed by atoms with Crippen molar-refractivity contribution in [2.75, 3.05) is 0 Å². The van der Waals surface area contributed by atoms with Gasteiger partial charge >= 0.3 is 18.5 Å². The molecular weight excluding hydrogens is 620 g/mol. The van der Waals surface area contributed by atoms with Gasteiger partial charge in [-0.2, -0.15) is 39.5 Å². The van der Waals surface area contributed by atoms with Crippen molar-refractivity contribution in [1.82, 2.24) is 10.3 Å². The fourth-order valence-electron chi connectivity index (χ4n) is 3.96. The fourth-order valence-corrected chi connectivity index (χ4v) is 4.92. The summed E-state index contributed by atoms with van der Waals surface area (Å²) in [7, 11) is 0. The van der Waals surface area contributed by atoms with Crippen LogP contribution in [0.4, 0.5) is 43.9 Å². The van der Waals surface area contributed by atoms with Crippen molar-refractivity contribution in [1.29, 1.82) is 0 Å². The number of hydrogen-bond donors (Lipinski definition) is 1. The van der Waals surface area contributed by atoms with Gasteiger partial charge in [0.15, 0.2) is 5.69 Å². The molecule has 17 heteroatoms. The van der Waals surface area contributed by atoms with E-state index in [-0.39, 0.29) is 40.4 Å². The third kappa shape index (κ3) is 5.98. The molecule has 1 aliphatic heterocycles. The number of carbonyl (C=O) groups excluding carboxylic acids is 1. The second kappa shape index (κ2) is 10.5. The van der Waals surface area contributed by atoms with Crippen LogP contribution in [0.3, 0.4) is 0 Å². The first-order valence-corrected chi connectivity index (χ1v) is 12.4. The molecule has 4 rings (SSSR count). The summed E-state index contributed by atoms with van der Waals surface area (Å²) in [4.78, 5) is 20.6. The molecule has 1 amide bonds. The normalized spacial score (nSPS) is 17.8. The van der Waals surface area contributed by atoms with E-state index in [4.69, 9.17) is 11.6 Å². The molecule has 0 radical (unpaired) electrons. The van der Waals surface area contributed by atoms with Gasteiger partial charge in [0.05, 0.1) is 29.3 Å². The first-order chi connectivity index (χ1) is 18.8. The van der Waals surface area contributed by atoms with E-state index in [2.05, 4.69) is 20.3 Å². The summed E-state index contributed by atoms with van der Waals surface area (Å²) >= 11 is 6.17. The maximum atomic E-state index is 14.8. The van der Waals surface area contributed by atoms with Crippen molar-refractivity contribution >= 4 is 34.6 Å². The lowest BCUT2D eigenvalue weighted by Gasteiger charge is -2.30. The molecule has 220 valence electrons. The number of hydrogen-bond acceptors (Lipinski definition) is 5. The molecule has 0 bridgehead atoms. The molecule has 1 atom stereocenters. The Balaban J connectivity index is 1.58. The number of benzene rings is 2. The number of nitrogens with zero attached hydrogens (tertiary/aromatic N) is 2. The van der Waals surface area contributed by atoms with Gasteiger partial charge in [-0.15, -0.1) is 11.3 Å². The van der Waals surface area contributed by atoms with E-state index >= 15 is 0 Å². The largest absolute Gasteiger partial charge is 0.435 e. The topological polar surface area (TPSA) is 63.6 Å². The Morgan fingerprint density at radius 3 is 2.32 bits per heavy atom. The standard InChI is InChI=1S/C24H14ClF10N3O2S/c1-10-4-11(2-3-13(10)20(39)36-8-18-37-17(9-41-18)23(30,31)32)16-7-21(40-38-16,24(33,34)35)14-5-12(22(27,28)29)6-15(25)19(14)26/h2-6,9H,7-8H2,1H3,(H,36,39)/t21-/m1/s1. The van der Waals surface area contributed by atoms with Crippen molar-refractivity contribution in [3.8, 4) is 0 Å². The van der Waals surface area contributed by atoms with Crippen molar-refractivity contribution in [2.24, 2.45) is 5.16 Å². The second-order valence-electron chi connectivity index (χ2n) is 8.78. The molecule has 41 heavy (non-hydrogen) atoms. The highest BCUT2D eigenvalue weighted by Crippen LogP contribution is 2.51. The maximum Gasteiger partial charge on any atom is 0.435 e. The van der Waals surface area contributed by atoms with Crippen LogP contribution in [0.5, 0.6) is 0 Å².